The highest BCUT2D eigenvalue weighted by Crippen LogP contribution is 2.24. The van der Waals surface area contributed by atoms with Gasteiger partial charge in [0.1, 0.15) is 5.82 Å². The second-order valence-electron chi connectivity index (χ2n) is 3.20. The molecule has 0 atom stereocenters. The Balaban J connectivity index is 2.57. The molecule has 0 heterocycles. The molecule has 0 aliphatic heterocycles. The van der Waals surface area contributed by atoms with Gasteiger partial charge >= 0.3 is 0 Å². The van der Waals surface area contributed by atoms with Crippen molar-refractivity contribution in [3.8, 4) is 0 Å². The van der Waals surface area contributed by atoms with Crippen LogP contribution in [0.1, 0.15) is 12.5 Å². The van der Waals surface area contributed by atoms with Crippen molar-refractivity contribution in [2.45, 2.75) is 13.8 Å². The van der Waals surface area contributed by atoms with E-state index in [4.69, 9.17) is 0 Å². The van der Waals surface area contributed by atoms with Gasteiger partial charge in [-0.15, -0.1) is 0 Å². The molecule has 84 valence electrons. The van der Waals surface area contributed by atoms with Crippen LogP contribution in [0.5, 0.6) is 0 Å². The molecule has 1 aromatic carbocycles. The van der Waals surface area contributed by atoms with E-state index in [1.54, 1.807) is 12.1 Å². The van der Waals surface area contributed by atoms with Gasteiger partial charge in [-0.3, -0.25) is 0 Å². The molecule has 0 saturated heterocycles. The molecule has 0 amide bonds. The topological polar surface area (TPSA) is 12.0 Å². The molecule has 0 saturated carbocycles. The third-order valence-corrected chi connectivity index (χ3v) is 3.54. The van der Waals surface area contributed by atoms with Gasteiger partial charge in [0.15, 0.2) is 0 Å². The fraction of sp³-hybridized carbons (Fsp3) is 0.455. The van der Waals surface area contributed by atoms with Crippen LogP contribution in [0.15, 0.2) is 16.6 Å². The fourth-order valence-electron chi connectivity index (χ4n) is 1.24. The Bertz CT molecular complexity index is 331. The van der Waals surface area contributed by atoms with Crippen LogP contribution in [0, 0.1) is 12.7 Å². The van der Waals surface area contributed by atoms with E-state index in [2.05, 4.69) is 28.2 Å². The van der Waals surface area contributed by atoms with Crippen molar-refractivity contribution in [1.82, 2.24) is 0 Å². The molecule has 0 radical (unpaired) electrons. The standard InChI is InChI=1S/C11H15BrFNS/c1-3-15-5-4-14-11-7-9(12)10(13)6-8(11)2/h6-7,14H,3-5H2,1-2H3. The zero-order chi connectivity index (χ0) is 11.3. The monoisotopic (exact) mass is 291 g/mol. The molecule has 0 bridgehead atoms. The maximum Gasteiger partial charge on any atom is 0.137 e. The molecular formula is C11H15BrFNS. The van der Waals surface area contributed by atoms with E-state index in [-0.39, 0.29) is 5.82 Å². The maximum absolute atomic E-state index is 13.1. The van der Waals surface area contributed by atoms with Crippen molar-refractivity contribution in [2.24, 2.45) is 0 Å². The fourth-order valence-corrected chi connectivity index (χ4v) is 2.12. The first kappa shape index (κ1) is 12.8. The highest BCUT2D eigenvalue weighted by molar-refractivity contribution is 9.10. The van der Waals surface area contributed by atoms with E-state index < -0.39 is 0 Å². The number of benzene rings is 1. The molecule has 1 aromatic rings. The van der Waals surface area contributed by atoms with Gasteiger partial charge in [-0.25, -0.2) is 4.39 Å². The average molecular weight is 292 g/mol. The minimum absolute atomic E-state index is 0.207. The molecule has 0 unspecified atom stereocenters. The zero-order valence-corrected chi connectivity index (χ0v) is 11.3. The number of rotatable bonds is 5. The summed E-state index contributed by atoms with van der Waals surface area (Å²) in [7, 11) is 0. The second kappa shape index (κ2) is 6.38. The van der Waals surface area contributed by atoms with Crippen LogP contribution in [-0.2, 0) is 0 Å². The van der Waals surface area contributed by atoms with Crippen LogP contribution in [0.2, 0.25) is 0 Å². The summed E-state index contributed by atoms with van der Waals surface area (Å²) in [5, 5.41) is 3.30. The predicted molar refractivity (Wildman–Crippen MR) is 70.3 cm³/mol. The molecule has 15 heavy (non-hydrogen) atoms. The summed E-state index contributed by atoms with van der Waals surface area (Å²) in [6.45, 7) is 4.96. The lowest BCUT2D eigenvalue weighted by molar-refractivity contribution is 0.620. The predicted octanol–water partition coefficient (Wildman–Crippen LogP) is 4.06. The molecule has 0 aliphatic carbocycles. The van der Waals surface area contributed by atoms with Crippen molar-refractivity contribution in [3.05, 3.63) is 28.0 Å². The van der Waals surface area contributed by atoms with E-state index in [9.17, 15) is 4.39 Å². The highest BCUT2D eigenvalue weighted by atomic mass is 79.9. The van der Waals surface area contributed by atoms with E-state index >= 15 is 0 Å². The molecule has 0 aliphatic rings. The van der Waals surface area contributed by atoms with E-state index in [1.165, 1.54) is 0 Å². The Morgan fingerprint density at radius 3 is 2.87 bits per heavy atom. The van der Waals surface area contributed by atoms with Gasteiger partial charge in [0.2, 0.25) is 0 Å². The van der Waals surface area contributed by atoms with E-state index in [0.717, 1.165) is 29.3 Å². The van der Waals surface area contributed by atoms with Gasteiger partial charge in [0.25, 0.3) is 0 Å². The van der Waals surface area contributed by atoms with Crippen molar-refractivity contribution in [2.75, 3.05) is 23.4 Å². The SMILES string of the molecule is CCSCCNc1cc(Br)c(F)cc1C. The normalized spacial score (nSPS) is 10.4. The quantitative estimate of drug-likeness (QED) is 0.821. The number of anilines is 1. The Kier molecular flexibility index (Phi) is 5.47. The summed E-state index contributed by atoms with van der Waals surface area (Å²) in [6, 6.07) is 3.33. The smallest absolute Gasteiger partial charge is 0.137 e. The highest BCUT2D eigenvalue weighted by Gasteiger charge is 2.04. The Morgan fingerprint density at radius 1 is 1.47 bits per heavy atom. The van der Waals surface area contributed by atoms with Crippen LogP contribution in [0.3, 0.4) is 0 Å². The summed E-state index contributed by atoms with van der Waals surface area (Å²) < 4.78 is 13.6. The van der Waals surface area contributed by atoms with Gasteiger partial charge in [-0.1, -0.05) is 6.92 Å². The molecule has 0 aromatic heterocycles. The lowest BCUT2D eigenvalue weighted by Crippen LogP contribution is -2.05. The Morgan fingerprint density at radius 2 is 2.20 bits per heavy atom. The van der Waals surface area contributed by atoms with Crippen LogP contribution in [-0.4, -0.2) is 18.1 Å². The number of hydrogen-bond acceptors (Lipinski definition) is 2. The third-order valence-electron chi connectivity index (χ3n) is 2.03. The number of thioether (sulfide) groups is 1. The van der Waals surface area contributed by atoms with Crippen LogP contribution < -0.4 is 5.32 Å². The molecule has 0 fully saturated rings. The van der Waals surface area contributed by atoms with Crippen molar-refractivity contribution >= 4 is 33.4 Å². The van der Waals surface area contributed by atoms with Gasteiger partial charge in [-0.05, 0) is 46.3 Å². The average Bonchev–Trinajstić information content (AvgIpc) is 2.20. The number of hydrogen-bond donors (Lipinski definition) is 1. The number of aryl methyl sites for hydroxylation is 1. The first-order chi connectivity index (χ1) is 7.15. The Hall–Kier alpha value is -0.220. The van der Waals surface area contributed by atoms with E-state index in [0.29, 0.717) is 4.47 Å². The summed E-state index contributed by atoms with van der Waals surface area (Å²) >= 11 is 5.07. The van der Waals surface area contributed by atoms with Gasteiger partial charge < -0.3 is 5.32 Å². The lowest BCUT2D eigenvalue weighted by Gasteiger charge is -2.10. The molecular weight excluding hydrogens is 277 g/mol. The number of nitrogens with one attached hydrogen (secondary N) is 1. The van der Waals surface area contributed by atoms with Gasteiger partial charge in [-0.2, -0.15) is 11.8 Å². The molecule has 4 heteroatoms. The summed E-state index contributed by atoms with van der Waals surface area (Å²) in [6.07, 6.45) is 0. The van der Waals surface area contributed by atoms with Crippen LogP contribution in [0.25, 0.3) is 0 Å². The van der Waals surface area contributed by atoms with E-state index in [1.807, 2.05) is 18.7 Å². The summed E-state index contributed by atoms with van der Waals surface area (Å²) in [5.74, 6) is 2.00. The third kappa shape index (κ3) is 4.03. The van der Waals surface area contributed by atoms with Gasteiger partial charge in [0.05, 0.1) is 4.47 Å². The van der Waals surface area contributed by atoms with Crippen molar-refractivity contribution in [3.63, 3.8) is 0 Å². The molecule has 1 rings (SSSR count). The molecule has 1 N–H and O–H groups in total. The minimum Gasteiger partial charge on any atom is -0.384 e. The zero-order valence-electron chi connectivity index (χ0n) is 8.94. The van der Waals surface area contributed by atoms with Crippen molar-refractivity contribution < 1.29 is 4.39 Å². The summed E-state index contributed by atoms with van der Waals surface area (Å²) in [4.78, 5) is 0. The van der Waals surface area contributed by atoms with Crippen LogP contribution in [0.4, 0.5) is 10.1 Å². The largest absolute Gasteiger partial charge is 0.384 e. The second-order valence-corrected chi connectivity index (χ2v) is 5.45. The molecule has 1 nitrogen and oxygen atoms in total. The summed E-state index contributed by atoms with van der Waals surface area (Å²) in [5.41, 5.74) is 1.94. The van der Waals surface area contributed by atoms with Gasteiger partial charge in [0, 0.05) is 18.0 Å². The lowest BCUT2D eigenvalue weighted by atomic mass is 10.2. The minimum atomic E-state index is -0.207. The van der Waals surface area contributed by atoms with Crippen LogP contribution >= 0.6 is 27.7 Å². The molecule has 0 spiro atoms. The first-order valence-electron chi connectivity index (χ1n) is 4.92. The maximum atomic E-state index is 13.1. The van der Waals surface area contributed by atoms with Crippen molar-refractivity contribution in [1.29, 1.82) is 0 Å². The first-order valence-corrected chi connectivity index (χ1v) is 6.87. The Labute approximate surface area is 103 Å². The number of halogens is 2.